The summed E-state index contributed by atoms with van der Waals surface area (Å²) in [5, 5.41) is 3.56. The van der Waals surface area contributed by atoms with Crippen molar-refractivity contribution in [2.24, 2.45) is 0 Å². The molecular weight excluding hydrogens is 236 g/mol. The van der Waals surface area contributed by atoms with E-state index in [1.807, 2.05) is 0 Å². The molecule has 19 heavy (non-hydrogen) atoms. The fraction of sp³-hybridized carbons (Fsp3) is 0.625. The third-order valence-corrected chi connectivity index (χ3v) is 3.33. The van der Waals surface area contributed by atoms with Crippen LogP contribution in [0.1, 0.15) is 33.3 Å². The second-order valence-electron chi connectivity index (χ2n) is 5.97. The molecule has 3 heteroatoms. The van der Waals surface area contributed by atoms with Crippen molar-refractivity contribution in [1.29, 1.82) is 0 Å². The fourth-order valence-corrected chi connectivity index (χ4v) is 2.77. The predicted molar refractivity (Wildman–Crippen MR) is 79.5 cm³/mol. The molecule has 0 bridgehead atoms. The summed E-state index contributed by atoms with van der Waals surface area (Å²) in [7, 11) is 0. The van der Waals surface area contributed by atoms with Gasteiger partial charge in [-0.25, -0.2) is 0 Å². The normalized spacial score (nSPS) is 24.7. The lowest BCUT2D eigenvalue weighted by Gasteiger charge is -2.36. The Morgan fingerprint density at radius 1 is 1.16 bits per heavy atom. The Kier molecular flexibility index (Phi) is 4.83. The lowest BCUT2D eigenvalue weighted by Crippen LogP contribution is -2.53. The summed E-state index contributed by atoms with van der Waals surface area (Å²) < 4.78 is 5.67. The number of rotatable bonds is 4. The molecule has 0 amide bonds. The first kappa shape index (κ1) is 14.4. The van der Waals surface area contributed by atoms with Gasteiger partial charge >= 0.3 is 0 Å². The maximum absolute atomic E-state index is 5.67. The van der Waals surface area contributed by atoms with Crippen molar-refractivity contribution in [2.45, 2.75) is 52.4 Å². The number of ether oxygens (including phenoxy) is 1. The van der Waals surface area contributed by atoms with E-state index in [9.17, 15) is 0 Å². The molecule has 1 aliphatic heterocycles. The summed E-state index contributed by atoms with van der Waals surface area (Å²) in [4.78, 5) is 2.52. The van der Waals surface area contributed by atoms with Gasteiger partial charge in [0.2, 0.25) is 0 Å². The molecule has 1 N–H and O–H groups in total. The Hall–Kier alpha value is -1.06. The van der Waals surface area contributed by atoms with Gasteiger partial charge in [-0.2, -0.15) is 0 Å². The molecule has 0 aliphatic carbocycles. The number of piperazine rings is 1. The first-order chi connectivity index (χ1) is 9.02. The second-order valence-corrected chi connectivity index (χ2v) is 5.97. The Morgan fingerprint density at radius 2 is 1.74 bits per heavy atom. The Bertz CT molecular complexity index is 378. The molecule has 1 fully saturated rings. The zero-order chi connectivity index (χ0) is 13.8. The van der Waals surface area contributed by atoms with Gasteiger partial charge in [-0.15, -0.1) is 0 Å². The summed E-state index contributed by atoms with van der Waals surface area (Å²) in [6.07, 6.45) is 0.237. The van der Waals surface area contributed by atoms with Crippen molar-refractivity contribution in [3.05, 3.63) is 29.8 Å². The van der Waals surface area contributed by atoms with Crippen LogP contribution in [0.25, 0.3) is 0 Å². The van der Waals surface area contributed by atoms with E-state index < -0.39 is 0 Å². The van der Waals surface area contributed by atoms with E-state index in [4.69, 9.17) is 4.74 Å². The van der Waals surface area contributed by atoms with Crippen LogP contribution >= 0.6 is 0 Å². The average molecular weight is 262 g/mol. The van der Waals surface area contributed by atoms with E-state index in [0.717, 1.165) is 25.4 Å². The molecule has 1 heterocycles. The van der Waals surface area contributed by atoms with E-state index in [2.05, 4.69) is 62.2 Å². The van der Waals surface area contributed by atoms with Crippen molar-refractivity contribution < 1.29 is 4.74 Å². The Labute approximate surface area is 116 Å². The fourth-order valence-electron chi connectivity index (χ4n) is 2.77. The van der Waals surface area contributed by atoms with Crippen molar-refractivity contribution in [3.8, 4) is 5.75 Å². The standard InChI is InChI=1S/C16H26N2O/c1-12(2)19-16-7-5-15(6-8-16)11-18-9-13(3)17-14(4)10-18/h5-8,12-14,17H,9-11H2,1-4H3. The molecule has 2 rings (SSSR count). The van der Waals surface area contributed by atoms with Crippen molar-refractivity contribution in [2.75, 3.05) is 13.1 Å². The van der Waals surface area contributed by atoms with Gasteiger partial charge in [-0.1, -0.05) is 12.1 Å². The topological polar surface area (TPSA) is 24.5 Å². The maximum Gasteiger partial charge on any atom is 0.119 e. The highest BCUT2D eigenvalue weighted by atomic mass is 16.5. The van der Waals surface area contributed by atoms with E-state index in [0.29, 0.717) is 12.1 Å². The highest BCUT2D eigenvalue weighted by Crippen LogP contribution is 2.16. The number of nitrogens with one attached hydrogen (secondary N) is 1. The van der Waals surface area contributed by atoms with Gasteiger partial charge in [0.25, 0.3) is 0 Å². The maximum atomic E-state index is 5.67. The molecule has 1 saturated heterocycles. The second kappa shape index (κ2) is 6.40. The first-order valence-electron chi connectivity index (χ1n) is 7.27. The van der Waals surface area contributed by atoms with Gasteiger partial charge in [0.15, 0.2) is 0 Å². The number of benzene rings is 1. The smallest absolute Gasteiger partial charge is 0.119 e. The summed E-state index contributed by atoms with van der Waals surface area (Å²) >= 11 is 0. The monoisotopic (exact) mass is 262 g/mol. The zero-order valence-electron chi connectivity index (χ0n) is 12.5. The van der Waals surface area contributed by atoms with Gasteiger partial charge in [0.1, 0.15) is 5.75 Å². The van der Waals surface area contributed by atoms with Crippen molar-refractivity contribution in [3.63, 3.8) is 0 Å². The first-order valence-corrected chi connectivity index (χ1v) is 7.27. The van der Waals surface area contributed by atoms with Crippen molar-refractivity contribution in [1.82, 2.24) is 10.2 Å². The van der Waals surface area contributed by atoms with Gasteiger partial charge in [0, 0.05) is 31.7 Å². The largest absolute Gasteiger partial charge is 0.491 e. The zero-order valence-corrected chi connectivity index (χ0v) is 12.5. The summed E-state index contributed by atoms with van der Waals surface area (Å²) in [6.45, 7) is 11.9. The lowest BCUT2D eigenvalue weighted by molar-refractivity contribution is 0.166. The van der Waals surface area contributed by atoms with Crippen molar-refractivity contribution >= 4 is 0 Å². The molecule has 2 atom stereocenters. The van der Waals surface area contributed by atoms with Crippen LogP contribution in [0.5, 0.6) is 5.75 Å². The molecule has 2 unspecified atom stereocenters. The van der Waals surface area contributed by atoms with Crippen LogP contribution in [-0.4, -0.2) is 36.2 Å². The highest BCUT2D eigenvalue weighted by molar-refractivity contribution is 5.27. The van der Waals surface area contributed by atoms with Crippen LogP contribution < -0.4 is 10.1 Å². The third-order valence-electron chi connectivity index (χ3n) is 3.33. The minimum atomic E-state index is 0.237. The summed E-state index contributed by atoms with van der Waals surface area (Å²) in [5.41, 5.74) is 1.36. The van der Waals surface area contributed by atoms with E-state index >= 15 is 0 Å². The Morgan fingerprint density at radius 3 is 2.26 bits per heavy atom. The molecule has 106 valence electrons. The van der Waals surface area contributed by atoms with E-state index in [1.54, 1.807) is 0 Å². The van der Waals surface area contributed by atoms with Gasteiger partial charge in [0.05, 0.1) is 6.10 Å². The molecule has 0 radical (unpaired) electrons. The van der Waals surface area contributed by atoms with E-state index in [-0.39, 0.29) is 6.10 Å². The molecule has 1 aromatic carbocycles. The third kappa shape index (κ3) is 4.51. The van der Waals surface area contributed by atoms with Crippen LogP contribution in [0.4, 0.5) is 0 Å². The summed E-state index contributed by atoms with van der Waals surface area (Å²) in [5.74, 6) is 0.959. The van der Waals surface area contributed by atoms with Crippen LogP contribution in [0.3, 0.4) is 0 Å². The predicted octanol–water partition coefficient (Wildman–Crippen LogP) is 2.66. The van der Waals surface area contributed by atoms with Gasteiger partial charge in [-0.05, 0) is 45.4 Å². The molecule has 1 aliphatic rings. The molecule has 0 saturated carbocycles. The van der Waals surface area contributed by atoms with Crippen LogP contribution in [-0.2, 0) is 6.54 Å². The molecule has 3 nitrogen and oxygen atoms in total. The minimum absolute atomic E-state index is 0.237. The number of nitrogens with zero attached hydrogens (tertiary/aromatic N) is 1. The highest BCUT2D eigenvalue weighted by Gasteiger charge is 2.20. The van der Waals surface area contributed by atoms with E-state index in [1.165, 1.54) is 5.56 Å². The average Bonchev–Trinajstić information content (AvgIpc) is 2.29. The summed E-state index contributed by atoms with van der Waals surface area (Å²) in [6, 6.07) is 9.65. The van der Waals surface area contributed by atoms with Crippen LogP contribution in [0, 0.1) is 0 Å². The molecule has 0 spiro atoms. The SMILES string of the molecule is CC1CN(Cc2ccc(OC(C)C)cc2)CC(C)N1. The van der Waals surface area contributed by atoms with Crippen LogP contribution in [0.2, 0.25) is 0 Å². The van der Waals surface area contributed by atoms with Gasteiger partial charge < -0.3 is 10.1 Å². The number of hydrogen-bond acceptors (Lipinski definition) is 3. The lowest BCUT2D eigenvalue weighted by atomic mass is 10.1. The molecule has 0 aromatic heterocycles. The van der Waals surface area contributed by atoms with Gasteiger partial charge in [-0.3, -0.25) is 4.90 Å². The number of hydrogen-bond donors (Lipinski definition) is 1. The minimum Gasteiger partial charge on any atom is -0.491 e. The quantitative estimate of drug-likeness (QED) is 0.903. The van der Waals surface area contributed by atoms with Crippen LogP contribution in [0.15, 0.2) is 24.3 Å². The Balaban J connectivity index is 1.92. The molecular formula is C16H26N2O. The molecule has 1 aromatic rings.